The molecule has 0 aliphatic carbocycles. The summed E-state index contributed by atoms with van der Waals surface area (Å²) in [5.41, 5.74) is 0. The first-order valence-electron chi connectivity index (χ1n) is 4.75. The van der Waals surface area contributed by atoms with Crippen molar-refractivity contribution in [3.63, 3.8) is 0 Å². The Balaban J connectivity index is 1.93. The van der Waals surface area contributed by atoms with Crippen LogP contribution in [0.3, 0.4) is 0 Å². The minimum Gasteiger partial charge on any atom is -0.497 e. The van der Waals surface area contributed by atoms with Crippen LogP contribution in [-0.4, -0.2) is 17.1 Å². The lowest BCUT2D eigenvalue weighted by molar-refractivity contribution is 0.415. The van der Waals surface area contributed by atoms with E-state index in [1.54, 1.807) is 7.11 Å². The molecule has 1 aromatic rings. The summed E-state index contributed by atoms with van der Waals surface area (Å²) >= 11 is 9.73. The summed E-state index contributed by atoms with van der Waals surface area (Å²) in [4.78, 5) is 1.25. The zero-order chi connectivity index (χ0) is 11.3. The molecule has 16 heavy (non-hydrogen) atoms. The van der Waals surface area contributed by atoms with Gasteiger partial charge in [-0.1, -0.05) is 0 Å². The van der Waals surface area contributed by atoms with Gasteiger partial charge < -0.3 is 4.74 Å². The zero-order valence-electron chi connectivity index (χ0n) is 8.48. The van der Waals surface area contributed by atoms with E-state index in [0.29, 0.717) is 9.98 Å². The van der Waals surface area contributed by atoms with Crippen molar-refractivity contribution < 1.29 is 4.74 Å². The third-order valence-electron chi connectivity index (χ3n) is 2.81. The number of benzene rings is 1. The molecule has 0 aromatic heterocycles. The Morgan fingerprint density at radius 1 is 1.38 bits per heavy atom. The van der Waals surface area contributed by atoms with Crippen LogP contribution in [0.2, 0.25) is 0 Å². The fraction of sp³-hybridized carbons (Fsp3) is 0.333. The van der Waals surface area contributed by atoms with Crippen LogP contribution in [0.1, 0.15) is 0 Å². The average molecular weight is 325 g/mol. The second kappa shape index (κ2) is 4.43. The lowest BCUT2D eigenvalue weighted by Crippen LogP contribution is -2.28. The van der Waals surface area contributed by atoms with Gasteiger partial charge >= 0.3 is 0 Å². The fourth-order valence-electron chi connectivity index (χ4n) is 1.87. The van der Waals surface area contributed by atoms with E-state index in [1.807, 2.05) is 33.3 Å². The van der Waals surface area contributed by atoms with Crippen LogP contribution in [0, 0.1) is 0 Å². The number of thiol groups is 2. The molecule has 7 heteroatoms. The SMILES string of the molecule is COc1ccc([P+]2(S)C3SSP2C3S)cc1. The van der Waals surface area contributed by atoms with Crippen molar-refractivity contribution in [3.05, 3.63) is 24.3 Å². The van der Waals surface area contributed by atoms with Gasteiger partial charge in [-0.3, -0.25) is 0 Å². The summed E-state index contributed by atoms with van der Waals surface area (Å²) < 4.78 is 5.19. The Labute approximate surface area is 116 Å². The van der Waals surface area contributed by atoms with E-state index >= 15 is 0 Å². The molecule has 86 valence electrons. The van der Waals surface area contributed by atoms with Crippen molar-refractivity contribution in [2.45, 2.75) is 9.98 Å². The zero-order valence-corrected chi connectivity index (χ0v) is 13.7. The molecule has 0 radical (unpaired) electrons. The van der Waals surface area contributed by atoms with Crippen LogP contribution in [0.15, 0.2) is 24.3 Å². The molecule has 3 aliphatic heterocycles. The van der Waals surface area contributed by atoms with Crippen LogP contribution >= 0.6 is 59.1 Å². The summed E-state index contributed by atoms with van der Waals surface area (Å²) in [5, 5.41) is 1.43. The van der Waals surface area contributed by atoms with Gasteiger partial charge in [-0.2, -0.15) is 12.6 Å². The van der Waals surface area contributed by atoms with E-state index in [-0.39, 0.29) is 6.81 Å². The first-order chi connectivity index (χ1) is 7.67. The third-order valence-corrected chi connectivity index (χ3v) is 29.0. The fourth-order valence-corrected chi connectivity index (χ4v) is 36.4. The van der Waals surface area contributed by atoms with Gasteiger partial charge in [0.2, 0.25) is 0 Å². The molecular weight excluding hydrogens is 314 g/mol. The Hall–Kier alpha value is 1.28. The molecule has 1 aromatic carbocycles. The number of methoxy groups -OCH3 is 1. The van der Waals surface area contributed by atoms with Crippen LogP contribution in [-0.2, 0) is 0 Å². The van der Waals surface area contributed by atoms with Gasteiger partial charge in [0.25, 0.3) is 0 Å². The van der Waals surface area contributed by atoms with Crippen LogP contribution in [0.5, 0.6) is 5.75 Å². The Kier molecular flexibility index (Phi) is 3.41. The van der Waals surface area contributed by atoms with E-state index in [9.17, 15) is 0 Å². The molecule has 4 atom stereocenters. The molecule has 3 saturated heterocycles. The number of ether oxygens (including phenoxy) is 1. The molecule has 0 saturated carbocycles. The van der Waals surface area contributed by atoms with E-state index in [4.69, 9.17) is 17.0 Å². The maximum Gasteiger partial charge on any atom is 0.163 e. The minimum atomic E-state index is -1.20. The molecule has 0 amide bonds. The highest BCUT2D eigenvalue weighted by molar-refractivity contribution is 9.22. The highest BCUT2D eigenvalue weighted by Crippen LogP contribution is 3.12. The molecule has 3 heterocycles. The quantitative estimate of drug-likeness (QED) is 0.471. The largest absolute Gasteiger partial charge is 0.497 e. The summed E-state index contributed by atoms with van der Waals surface area (Å²) in [7, 11) is 5.74. The molecule has 3 fully saturated rings. The van der Waals surface area contributed by atoms with Crippen molar-refractivity contribution in [2.75, 3.05) is 7.11 Å². The molecule has 4 unspecified atom stereocenters. The topological polar surface area (TPSA) is 9.23 Å². The lowest BCUT2D eigenvalue weighted by Gasteiger charge is -2.38. The lowest BCUT2D eigenvalue weighted by atomic mass is 10.3. The second-order valence-electron chi connectivity index (χ2n) is 3.62. The molecule has 3 aliphatic rings. The van der Waals surface area contributed by atoms with Crippen molar-refractivity contribution in [1.82, 2.24) is 0 Å². The first kappa shape index (κ1) is 12.3. The minimum absolute atomic E-state index is 0.0401. The highest BCUT2D eigenvalue weighted by Gasteiger charge is 2.75. The Morgan fingerprint density at radius 2 is 2.06 bits per heavy atom. The Morgan fingerprint density at radius 3 is 2.50 bits per heavy atom. The summed E-state index contributed by atoms with van der Waals surface area (Å²) in [6.07, 6.45) is -1.20. The van der Waals surface area contributed by atoms with Gasteiger partial charge in [-0.25, -0.2) is 0 Å². The summed E-state index contributed by atoms with van der Waals surface area (Å²) in [5.74, 6) is 0.923. The second-order valence-corrected chi connectivity index (χ2v) is 19.7. The number of fused-ring (bicyclic) bond motifs is 1. The number of rotatable bonds is 2. The van der Waals surface area contributed by atoms with Gasteiger partial charge in [0.1, 0.15) is 22.2 Å². The molecule has 1 nitrogen and oxygen atoms in total. The van der Waals surface area contributed by atoms with Gasteiger partial charge in [-0.15, -0.1) is 0 Å². The predicted molar refractivity (Wildman–Crippen MR) is 87.2 cm³/mol. The maximum atomic E-state index is 5.19. The predicted octanol–water partition coefficient (Wildman–Crippen LogP) is 4.49. The summed E-state index contributed by atoms with van der Waals surface area (Å²) in [6.45, 7) is -0.0401. The smallest absolute Gasteiger partial charge is 0.163 e. The molecule has 0 spiro atoms. The Bertz CT molecular complexity index is 400. The number of hydrogen-bond donors (Lipinski definition) is 2. The normalized spacial score (nSPS) is 40.6. The average Bonchev–Trinajstić information content (AvgIpc) is 2.89. The standard InChI is InChI=1S/C9H10OP2S4/c1-10-6-2-4-7(5-3-6)12(14)9-8(13)11(12)16-15-9/h2-5,8-9,14H,1H3/p+1. The van der Waals surface area contributed by atoms with Crippen LogP contribution in [0.25, 0.3) is 0 Å². The van der Waals surface area contributed by atoms with Gasteiger partial charge in [0.05, 0.1) is 7.11 Å². The van der Waals surface area contributed by atoms with E-state index in [0.717, 1.165) is 5.75 Å². The van der Waals surface area contributed by atoms with Crippen molar-refractivity contribution >= 4 is 64.4 Å². The van der Waals surface area contributed by atoms with Gasteiger partial charge in [0.15, 0.2) is 11.8 Å². The van der Waals surface area contributed by atoms with Gasteiger partial charge in [0, 0.05) is 12.2 Å². The van der Waals surface area contributed by atoms with Crippen molar-refractivity contribution in [3.8, 4) is 5.75 Å². The molecule has 0 N–H and O–H groups in total. The first-order valence-corrected chi connectivity index (χ1v) is 13.2. The van der Waals surface area contributed by atoms with Gasteiger partial charge in [-0.05, 0) is 45.5 Å². The molecule has 2 bridgehead atoms. The monoisotopic (exact) mass is 325 g/mol. The van der Waals surface area contributed by atoms with E-state index in [2.05, 4.69) is 24.8 Å². The van der Waals surface area contributed by atoms with Crippen LogP contribution in [0.4, 0.5) is 0 Å². The molecule has 4 rings (SSSR count). The van der Waals surface area contributed by atoms with E-state index < -0.39 is 6.15 Å². The third kappa shape index (κ3) is 1.59. The number of hydrogen-bond acceptors (Lipinski definition) is 5. The van der Waals surface area contributed by atoms with E-state index in [1.165, 1.54) is 5.30 Å². The summed E-state index contributed by atoms with van der Waals surface area (Å²) in [6, 6.07) is 8.47. The van der Waals surface area contributed by atoms with Crippen molar-refractivity contribution in [1.29, 1.82) is 0 Å². The molecular formula is C9H11OP2S4+. The maximum absolute atomic E-state index is 5.19. The highest BCUT2D eigenvalue weighted by atomic mass is 33.4. The van der Waals surface area contributed by atoms with Crippen molar-refractivity contribution in [2.24, 2.45) is 0 Å². The van der Waals surface area contributed by atoms with Crippen LogP contribution < -0.4 is 10.0 Å².